The van der Waals surface area contributed by atoms with E-state index in [1.165, 1.54) is 18.2 Å². The molecule has 2 aromatic rings. The molecule has 7 heteroatoms. The number of pyridine rings is 1. The number of amides is 2. The Bertz CT molecular complexity index is 865. The Kier molecular flexibility index (Phi) is 6.60. The molecule has 1 fully saturated rings. The number of aromatic nitrogens is 1. The molecule has 1 aliphatic rings. The van der Waals surface area contributed by atoms with Gasteiger partial charge in [0.2, 0.25) is 11.5 Å². The minimum atomic E-state index is -0.715. The zero-order valence-electron chi connectivity index (χ0n) is 15.6. The molecule has 0 spiro atoms. The number of hydrogen-bond acceptors (Lipinski definition) is 4. The van der Waals surface area contributed by atoms with Crippen molar-refractivity contribution < 1.29 is 14.7 Å². The molecule has 1 saturated carbocycles. The van der Waals surface area contributed by atoms with Crippen LogP contribution in [0, 0.1) is 5.92 Å². The van der Waals surface area contributed by atoms with E-state index in [1.807, 2.05) is 30.3 Å². The van der Waals surface area contributed by atoms with Crippen LogP contribution in [0.5, 0.6) is 0 Å². The lowest BCUT2D eigenvalue weighted by Crippen LogP contribution is -2.50. The van der Waals surface area contributed by atoms with Gasteiger partial charge in [-0.15, -0.1) is 0 Å². The predicted molar refractivity (Wildman–Crippen MR) is 105 cm³/mol. The number of aliphatic hydroxyl groups excluding tert-OH is 1. The van der Waals surface area contributed by atoms with Crippen LogP contribution in [0.3, 0.4) is 0 Å². The number of carbonyl (C=O) groups excluding carboxylic acids is 2. The number of nitrogens with one attached hydrogen (secondary N) is 3. The van der Waals surface area contributed by atoms with Crippen LogP contribution in [0.4, 0.5) is 0 Å². The molecule has 0 unspecified atom stereocenters. The Morgan fingerprint density at radius 1 is 1.07 bits per heavy atom. The number of hydrogen-bond donors (Lipinski definition) is 4. The van der Waals surface area contributed by atoms with Crippen molar-refractivity contribution in [1.29, 1.82) is 0 Å². The summed E-state index contributed by atoms with van der Waals surface area (Å²) in [7, 11) is 0. The van der Waals surface area contributed by atoms with Gasteiger partial charge in [-0.3, -0.25) is 14.4 Å². The van der Waals surface area contributed by atoms with Gasteiger partial charge in [-0.2, -0.15) is 0 Å². The maximum atomic E-state index is 12.5. The Morgan fingerprint density at radius 3 is 2.61 bits per heavy atom. The molecule has 1 heterocycles. The molecule has 2 amide bonds. The number of carbonyl (C=O) groups is 2. The Balaban J connectivity index is 1.52. The molecule has 0 aliphatic heterocycles. The first-order valence-electron chi connectivity index (χ1n) is 9.53. The molecule has 4 N–H and O–H groups in total. The fraction of sp³-hybridized carbons (Fsp3) is 0.381. The predicted octanol–water partition coefficient (Wildman–Crippen LogP) is 0.993. The normalized spacial score (nSPS) is 21.7. The van der Waals surface area contributed by atoms with E-state index >= 15 is 0 Å². The van der Waals surface area contributed by atoms with Gasteiger partial charge in [-0.1, -0.05) is 36.4 Å². The highest BCUT2D eigenvalue weighted by Gasteiger charge is 2.33. The van der Waals surface area contributed by atoms with Gasteiger partial charge >= 0.3 is 0 Å². The molecule has 0 saturated heterocycles. The first-order chi connectivity index (χ1) is 13.5. The van der Waals surface area contributed by atoms with E-state index < -0.39 is 18.1 Å². The first kappa shape index (κ1) is 19.8. The summed E-state index contributed by atoms with van der Waals surface area (Å²) in [5, 5.41) is 15.9. The minimum Gasteiger partial charge on any atom is -0.391 e. The molecular weight excluding hydrogens is 358 g/mol. The number of benzene rings is 1. The Morgan fingerprint density at radius 2 is 1.86 bits per heavy atom. The molecule has 3 rings (SSSR count). The molecule has 28 heavy (non-hydrogen) atoms. The minimum absolute atomic E-state index is 0.0600. The summed E-state index contributed by atoms with van der Waals surface area (Å²) in [6.07, 6.45) is 1.41. The quantitative estimate of drug-likeness (QED) is 0.596. The summed E-state index contributed by atoms with van der Waals surface area (Å²) in [4.78, 5) is 38.6. The van der Waals surface area contributed by atoms with Gasteiger partial charge in [-0.05, 0) is 37.3 Å². The van der Waals surface area contributed by atoms with E-state index in [-0.39, 0.29) is 23.1 Å². The largest absolute Gasteiger partial charge is 0.391 e. The van der Waals surface area contributed by atoms with Crippen molar-refractivity contribution in [2.24, 2.45) is 5.92 Å². The van der Waals surface area contributed by atoms with Crippen molar-refractivity contribution in [2.45, 2.75) is 37.8 Å². The second kappa shape index (κ2) is 9.32. The summed E-state index contributed by atoms with van der Waals surface area (Å²) in [6, 6.07) is 13.7. The molecule has 1 aromatic heterocycles. The highest BCUT2D eigenvalue weighted by Crippen LogP contribution is 2.25. The second-order valence-corrected chi connectivity index (χ2v) is 7.11. The van der Waals surface area contributed by atoms with Crippen LogP contribution in [0.1, 0.15) is 35.3 Å². The van der Waals surface area contributed by atoms with Gasteiger partial charge in [0.05, 0.1) is 12.1 Å². The third-order valence-corrected chi connectivity index (χ3v) is 5.07. The summed E-state index contributed by atoms with van der Waals surface area (Å²) >= 11 is 0. The summed E-state index contributed by atoms with van der Waals surface area (Å²) < 4.78 is 0. The number of rotatable bonds is 6. The van der Waals surface area contributed by atoms with E-state index in [0.29, 0.717) is 25.8 Å². The number of aliphatic hydroxyl groups is 1. The molecule has 1 aliphatic carbocycles. The highest BCUT2D eigenvalue weighted by atomic mass is 16.3. The van der Waals surface area contributed by atoms with Gasteiger partial charge in [0.15, 0.2) is 0 Å². The molecular formula is C21H25N3O4. The SMILES string of the molecule is O=C(N[C@@H]1C[C@@H](C(=O)NCCc2ccccc2)CC[C@H]1O)c1cccc(=O)[nH]1. The van der Waals surface area contributed by atoms with Crippen molar-refractivity contribution in [3.8, 4) is 0 Å². The van der Waals surface area contributed by atoms with E-state index in [1.54, 1.807) is 0 Å². The van der Waals surface area contributed by atoms with Crippen molar-refractivity contribution in [3.63, 3.8) is 0 Å². The molecule has 148 valence electrons. The lowest BCUT2D eigenvalue weighted by atomic mass is 9.83. The maximum absolute atomic E-state index is 12.5. The average Bonchev–Trinajstić information content (AvgIpc) is 2.70. The van der Waals surface area contributed by atoms with Crippen molar-refractivity contribution in [3.05, 3.63) is 70.1 Å². The lowest BCUT2D eigenvalue weighted by molar-refractivity contribution is -0.127. The van der Waals surface area contributed by atoms with E-state index in [4.69, 9.17) is 0 Å². The van der Waals surface area contributed by atoms with Crippen molar-refractivity contribution in [2.75, 3.05) is 6.54 Å². The third kappa shape index (κ3) is 5.29. The standard InChI is InChI=1S/C21H25N3O4/c25-18-10-9-15(20(27)22-12-11-14-5-2-1-3-6-14)13-17(18)24-21(28)16-7-4-8-19(26)23-16/h1-8,15,17-18,25H,9-13H2,(H,22,27)(H,23,26)(H,24,28)/t15-,17+,18+/m0/s1. The van der Waals surface area contributed by atoms with Gasteiger partial charge in [0, 0.05) is 18.5 Å². The van der Waals surface area contributed by atoms with Crippen LogP contribution in [0.2, 0.25) is 0 Å². The van der Waals surface area contributed by atoms with Gasteiger partial charge in [0.1, 0.15) is 5.69 Å². The summed E-state index contributed by atoms with van der Waals surface area (Å²) in [5.41, 5.74) is 0.922. The fourth-order valence-corrected chi connectivity index (χ4v) is 3.49. The molecule has 7 nitrogen and oxygen atoms in total. The molecule has 0 radical (unpaired) electrons. The Hall–Kier alpha value is -2.93. The fourth-order valence-electron chi connectivity index (χ4n) is 3.49. The van der Waals surface area contributed by atoms with E-state index in [0.717, 1.165) is 12.0 Å². The van der Waals surface area contributed by atoms with Crippen LogP contribution in [-0.2, 0) is 11.2 Å². The smallest absolute Gasteiger partial charge is 0.268 e. The van der Waals surface area contributed by atoms with Crippen molar-refractivity contribution >= 4 is 11.8 Å². The Labute approximate surface area is 163 Å². The van der Waals surface area contributed by atoms with Gasteiger partial charge in [0.25, 0.3) is 5.91 Å². The molecule has 1 aromatic carbocycles. The zero-order valence-corrected chi connectivity index (χ0v) is 15.6. The van der Waals surface area contributed by atoms with Gasteiger partial charge < -0.3 is 20.7 Å². The second-order valence-electron chi connectivity index (χ2n) is 7.11. The topological polar surface area (TPSA) is 111 Å². The van der Waals surface area contributed by atoms with Crippen LogP contribution in [-0.4, -0.2) is 40.6 Å². The van der Waals surface area contributed by atoms with Crippen LogP contribution in [0.15, 0.2) is 53.3 Å². The number of aromatic amines is 1. The average molecular weight is 383 g/mol. The zero-order chi connectivity index (χ0) is 19.9. The maximum Gasteiger partial charge on any atom is 0.268 e. The van der Waals surface area contributed by atoms with E-state index in [2.05, 4.69) is 15.6 Å². The van der Waals surface area contributed by atoms with Gasteiger partial charge in [-0.25, -0.2) is 0 Å². The lowest BCUT2D eigenvalue weighted by Gasteiger charge is -2.33. The first-order valence-corrected chi connectivity index (χ1v) is 9.53. The monoisotopic (exact) mass is 383 g/mol. The molecule has 0 bridgehead atoms. The molecule has 3 atom stereocenters. The summed E-state index contributed by atoms with van der Waals surface area (Å²) in [5.74, 6) is -0.790. The van der Waals surface area contributed by atoms with Crippen LogP contribution < -0.4 is 16.2 Å². The van der Waals surface area contributed by atoms with Crippen molar-refractivity contribution in [1.82, 2.24) is 15.6 Å². The number of H-pyrrole nitrogens is 1. The highest BCUT2D eigenvalue weighted by molar-refractivity contribution is 5.92. The van der Waals surface area contributed by atoms with Crippen LogP contribution in [0.25, 0.3) is 0 Å². The van der Waals surface area contributed by atoms with Crippen LogP contribution >= 0.6 is 0 Å². The third-order valence-electron chi connectivity index (χ3n) is 5.07. The summed E-state index contributed by atoms with van der Waals surface area (Å²) in [6.45, 7) is 0.546. The van der Waals surface area contributed by atoms with E-state index in [9.17, 15) is 19.5 Å².